The molecule has 0 spiro atoms. The summed E-state index contributed by atoms with van der Waals surface area (Å²) in [5, 5.41) is 9.65. The Balaban J connectivity index is 1.94. The first kappa shape index (κ1) is 21.0. The van der Waals surface area contributed by atoms with Gasteiger partial charge in [-0.15, -0.1) is 0 Å². The van der Waals surface area contributed by atoms with Crippen molar-refractivity contribution in [3.8, 4) is 0 Å². The lowest BCUT2D eigenvalue weighted by atomic mass is 9.79. The topological polar surface area (TPSA) is 68.8 Å². The number of aliphatic imine (C=N–C) groups is 1. The van der Waals surface area contributed by atoms with E-state index in [0.29, 0.717) is 6.54 Å². The van der Waals surface area contributed by atoms with Gasteiger partial charge in [0.25, 0.3) is 0 Å². The van der Waals surface area contributed by atoms with Crippen molar-refractivity contribution in [2.45, 2.75) is 70.8 Å². The highest BCUT2D eigenvalue weighted by Crippen LogP contribution is 2.35. The molecule has 1 amide bonds. The molecule has 150 valence electrons. The highest BCUT2D eigenvalue weighted by molar-refractivity contribution is 5.84. The molecule has 2 rings (SSSR count). The van der Waals surface area contributed by atoms with E-state index in [0.717, 1.165) is 12.5 Å². The highest BCUT2D eigenvalue weighted by Gasteiger charge is 2.38. The quantitative estimate of drug-likeness (QED) is 0.498. The molecule has 1 saturated carbocycles. The summed E-state index contributed by atoms with van der Waals surface area (Å²) < 4.78 is 0. The second-order valence-electron chi connectivity index (χ2n) is 8.58. The Morgan fingerprint density at radius 2 is 1.65 bits per heavy atom. The van der Waals surface area contributed by atoms with E-state index in [1.807, 2.05) is 13.8 Å². The van der Waals surface area contributed by atoms with Crippen LogP contribution in [-0.4, -0.2) is 62.6 Å². The average Bonchev–Trinajstić information content (AvgIpc) is 2.68. The van der Waals surface area contributed by atoms with Crippen LogP contribution in [0.15, 0.2) is 4.99 Å². The van der Waals surface area contributed by atoms with Crippen LogP contribution in [-0.2, 0) is 4.79 Å². The third-order valence-corrected chi connectivity index (χ3v) is 6.16. The van der Waals surface area contributed by atoms with E-state index in [2.05, 4.69) is 25.8 Å². The SMILES string of the molecule is CN=C(NCC(C)(C)C(=O)NC)NCC1(N2CCCCC2)CCCCC1. The van der Waals surface area contributed by atoms with Gasteiger partial charge in [-0.3, -0.25) is 14.7 Å². The Morgan fingerprint density at radius 1 is 1.04 bits per heavy atom. The van der Waals surface area contributed by atoms with Crippen molar-refractivity contribution in [3.63, 3.8) is 0 Å². The maximum atomic E-state index is 12.0. The first-order chi connectivity index (χ1) is 12.4. The van der Waals surface area contributed by atoms with Crippen LogP contribution in [0.25, 0.3) is 0 Å². The van der Waals surface area contributed by atoms with Crippen molar-refractivity contribution in [1.29, 1.82) is 0 Å². The molecule has 2 aliphatic rings. The zero-order valence-electron chi connectivity index (χ0n) is 17.3. The van der Waals surface area contributed by atoms with Crippen molar-refractivity contribution in [2.75, 3.05) is 40.3 Å². The monoisotopic (exact) mass is 365 g/mol. The Kier molecular flexibility index (Phi) is 7.74. The number of carbonyl (C=O) groups excluding carboxylic acids is 1. The summed E-state index contributed by atoms with van der Waals surface area (Å²) in [5.41, 5.74) is -0.200. The van der Waals surface area contributed by atoms with Crippen molar-refractivity contribution in [2.24, 2.45) is 10.4 Å². The molecule has 0 unspecified atom stereocenters. The van der Waals surface area contributed by atoms with E-state index in [1.54, 1.807) is 14.1 Å². The van der Waals surface area contributed by atoms with Gasteiger partial charge in [0, 0.05) is 32.7 Å². The van der Waals surface area contributed by atoms with Crippen LogP contribution >= 0.6 is 0 Å². The molecular weight excluding hydrogens is 326 g/mol. The molecule has 6 heteroatoms. The number of carbonyl (C=O) groups is 1. The number of rotatable bonds is 6. The fraction of sp³-hybridized carbons (Fsp3) is 0.900. The standard InChI is InChI=1S/C20H39N5O/c1-19(2,17(26)21-3)15-23-18(22-4)24-16-20(11-7-5-8-12-20)25-13-9-6-10-14-25/h5-16H2,1-4H3,(H,21,26)(H2,22,23,24). The maximum Gasteiger partial charge on any atom is 0.227 e. The normalized spacial score (nSPS) is 21.9. The van der Waals surface area contributed by atoms with Gasteiger partial charge in [-0.2, -0.15) is 0 Å². The van der Waals surface area contributed by atoms with Gasteiger partial charge in [0.15, 0.2) is 5.96 Å². The van der Waals surface area contributed by atoms with E-state index in [4.69, 9.17) is 0 Å². The molecule has 6 nitrogen and oxygen atoms in total. The molecule has 2 fully saturated rings. The van der Waals surface area contributed by atoms with Crippen LogP contribution in [0, 0.1) is 5.41 Å². The van der Waals surface area contributed by atoms with Crippen LogP contribution in [0.4, 0.5) is 0 Å². The third kappa shape index (κ3) is 5.35. The predicted molar refractivity (Wildman–Crippen MR) is 108 cm³/mol. The van der Waals surface area contributed by atoms with E-state index in [9.17, 15) is 4.79 Å². The van der Waals surface area contributed by atoms with Gasteiger partial charge < -0.3 is 16.0 Å². The first-order valence-electron chi connectivity index (χ1n) is 10.4. The lowest BCUT2D eigenvalue weighted by molar-refractivity contribution is -0.128. The van der Waals surface area contributed by atoms with E-state index in [1.165, 1.54) is 64.5 Å². The highest BCUT2D eigenvalue weighted by atomic mass is 16.2. The summed E-state index contributed by atoms with van der Waals surface area (Å²) in [7, 11) is 3.49. The summed E-state index contributed by atoms with van der Waals surface area (Å²) in [6, 6.07) is 0. The smallest absolute Gasteiger partial charge is 0.227 e. The number of nitrogens with one attached hydrogen (secondary N) is 3. The van der Waals surface area contributed by atoms with Crippen LogP contribution in [0.3, 0.4) is 0 Å². The molecule has 0 bridgehead atoms. The van der Waals surface area contributed by atoms with Crippen LogP contribution in [0.2, 0.25) is 0 Å². The molecule has 0 aromatic heterocycles. The number of piperidine rings is 1. The number of guanidine groups is 1. The molecule has 1 aliphatic carbocycles. The van der Waals surface area contributed by atoms with Gasteiger partial charge >= 0.3 is 0 Å². The van der Waals surface area contributed by atoms with Crippen LogP contribution in [0.1, 0.15) is 65.2 Å². The molecule has 1 heterocycles. The second kappa shape index (κ2) is 9.58. The Bertz CT molecular complexity index is 477. The van der Waals surface area contributed by atoms with Gasteiger partial charge in [-0.1, -0.05) is 25.7 Å². The van der Waals surface area contributed by atoms with Crippen molar-refractivity contribution in [3.05, 3.63) is 0 Å². The largest absolute Gasteiger partial charge is 0.359 e. The Labute approximate surface area is 159 Å². The number of amides is 1. The Hall–Kier alpha value is -1.30. The van der Waals surface area contributed by atoms with Gasteiger partial charge in [-0.25, -0.2) is 0 Å². The molecule has 0 radical (unpaired) electrons. The summed E-state index contributed by atoms with van der Waals surface area (Å²) >= 11 is 0. The van der Waals surface area contributed by atoms with Gasteiger partial charge in [0.05, 0.1) is 5.41 Å². The molecule has 3 N–H and O–H groups in total. The first-order valence-corrected chi connectivity index (χ1v) is 10.4. The average molecular weight is 366 g/mol. The van der Waals surface area contributed by atoms with Crippen molar-refractivity contribution >= 4 is 11.9 Å². The lowest BCUT2D eigenvalue weighted by Gasteiger charge is -2.48. The summed E-state index contributed by atoms with van der Waals surface area (Å²) in [5.74, 6) is 0.835. The number of hydrogen-bond acceptors (Lipinski definition) is 3. The van der Waals surface area contributed by atoms with Gasteiger partial charge in [-0.05, 0) is 52.6 Å². The van der Waals surface area contributed by atoms with Crippen molar-refractivity contribution < 1.29 is 4.79 Å². The summed E-state index contributed by atoms with van der Waals surface area (Å²) in [6.45, 7) is 7.86. The lowest BCUT2D eigenvalue weighted by Crippen LogP contribution is -2.59. The van der Waals surface area contributed by atoms with E-state index < -0.39 is 5.41 Å². The van der Waals surface area contributed by atoms with Crippen LogP contribution in [0.5, 0.6) is 0 Å². The molecule has 26 heavy (non-hydrogen) atoms. The molecule has 0 atom stereocenters. The minimum Gasteiger partial charge on any atom is -0.359 e. The minimum atomic E-state index is -0.470. The molecular formula is C20H39N5O. The molecule has 0 aromatic carbocycles. The predicted octanol–water partition coefficient (Wildman–Crippen LogP) is 2.11. The van der Waals surface area contributed by atoms with E-state index in [-0.39, 0.29) is 11.4 Å². The zero-order valence-corrected chi connectivity index (χ0v) is 17.3. The van der Waals surface area contributed by atoms with Crippen LogP contribution < -0.4 is 16.0 Å². The summed E-state index contributed by atoms with van der Waals surface area (Å²) in [4.78, 5) is 19.1. The minimum absolute atomic E-state index is 0.0394. The number of likely N-dealkylation sites (tertiary alicyclic amines) is 1. The second-order valence-corrected chi connectivity index (χ2v) is 8.58. The number of nitrogens with zero attached hydrogens (tertiary/aromatic N) is 2. The summed E-state index contributed by atoms with van der Waals surface area (Å²) in [6.07, 6.45) is 10.6. The molecule has 0 aromatic rings. The third-order valence-electron chi connectivity index (χ3n) is 6.16. The van der Waals surface area contributed by atoms with E-state index >= 15 is 0 Å². The number of hydrogen-bond donors (Lipinski definition) is 3. The fourth-order valence-electron chi connectivity index (χ4n) is 4.38. The van der Waals surface area contributed by atoms with Gasteiger partial charge in [0.1, 0.15) is 0 Å². The Morgan fingerprint density at radius 3 is 2.23 bits per heavy atom. The molecule has 1 saturated heterocycles. The zero-order chi connectivity index (χ0) is 19.0. The van der Waals surface area contributed by atoms with Gasteiger partial charge in [0.2, 0.25) is 5.91 Å². The maximum absolute atomic E-state index is 12.0. The fourth-order valence-corrected chi connectivity index (χ4v) is 4.38. The van der Waals surface area contributed by atoms with Crippen molar-refractivity contribution in [1.82, 2.24) is 20.9 Å². The molecule has 1 aliphatic heterocycles.